The zero-order valence-corrected chi connectivity index (χ0v) is 16.0. The van der Waals surface area contributed by atoms with Crippen molar-refractivity contribution in [1.29, 1.82) is 0 Å². The van der Waals surface area contributed by atoms with Crippen molar-refractivity contribution in [1.82, 2.24) is 4.90 Å². The van der Waals surface area contributed by atoms with E-state index in [0.29, 0.717) is 16.5 Å². The van der Waals surface area contributed by atoms with Crippen molar-refractivity contribution in [3.63, 3.8) is 0 Å². The first-order chi connectivity index (χ1) is 12.5. The maximum atomic E-state index is 12.7. The third-order valence-electron chi connectivity index (χ3n) is 4.83. The summed E-state index contributed by atoms with van der Waals surface area (Å²) < 4.78 is 11.3. The minimum Gasteiger partial charge on any atom is -0.478 e. The Bertz CT molecular complexity index is 686. The lowest BCUT2D eigenvalue weighted by Gasteiger charge is -2.32. The van der Waals surface area contributed by atoms with E-state index in [0.717, 1.165) is 32.5 Å². The molecule has 26 heavy (non-hydrogen) atoms. The molecule has 6 nitrogen and oxygen atoms in total. The molecular formula is C19H25ClN2O4. The van der Waals surface area contributed by atoms with Crippen LogP contribution in [0.5, 0.6) is 5.75 Å². The zero-order chi connectivity index (χ0) is 18.7. The van der Waals surface area contributed by atoms with Crippen LogP contribution < -0.4 is 10.1 Å². The Balaban J connectivity index is 1.67. The van der Waals surface area contributed by atoms with Crippen LogP contribution in [-0.2, 0) is 9.53 Å². The van der Waals surface area contributed by atoms with Gasteiger partial charge in [-0.1, -0.05) is 24.9 Å². The van der Waals surface area contributed by atoms with Gasteiger partial charge in [-0.2, -0.15) is 0 Å². The highest BCUT2D eigenvalue weighted by Crippen LogP contribution is 2.37. The number of halogens is 1. The van der Waals surface area contributed by atoms with Gasteiger partial charge in [-0.05, 0) is 44.9 Å². The molecule has 2 aliphatic rings. The molecule has 0 aliphatic carbocycles. The van der Waals surface area contributed by atoms with E-state index in [2.05, 4.69) is 17.1 Å². The quantitative estimate of drug-likeness (QED) is 0.792. The van der Waals surface area contributed by atoms with Gasteiger partial charge in [0.05, 0.1) is 5.69 Å². The molecule has 2 aliphatic heterocycles. The molecule has 142 valence electrons. The number of amides is 1. The molecule has 0 spiro atoms. The summed E-state index contributed by atoms with van der Waals surface area (Å²) >= 11 is 6.10. The maximum absolute atomic E-state index is 12.7. The monoisotopic (exact) mass is 380 g/mol. The normalized spacial score (nSPS) is 20.9. The minimum atomic E-state index is -0.669. The molecule has 1 aromatic rings. The Kier molecular flexibility index (Phi) is 6.04. The van der Waals surface area contributed by atoms with Gasteiger partial charge in [0.25, 0.3) is 5.91 Å². The van der Waals surface area contributed by atoms with E-state index in [1.165, 1.54) is 18.9 Å². The lowest BCUT2D eigenvalue weighted by molar-refractivity contribution is -0.122. The second-order valence-corrected chi connectivity index (χ2v) is 7.32. The number of likely N-dealkylation sites (tertiary alicyclic amines) is 1. The summed E-state index contributed by atoms with van der Waals surface area (Å²) in [6.45, 7) is 6.80. The van der Waals surface area contributed by atoms with Crippen molar-refractivity contribution >= 4 is 29.2 Å². The highest BCUT2D eigenvalue weighted by molar-refractivity contribution is 6.31. The number of piperidine rings is 1. The average molecular weight is 381 g/mol. The van der Waals surface area contributed by atoms with Crippen LogP contribution in [0.25, 0.3) is 0 Å². The number of benzene rings is 1. The summed E-state index contributed by atoms with van der Waals surface area (Å²) in [5.41, 5.74) is 0.662. The smallest absolute Gasteiger partial charge is 0.342 e. The fraction of sp³-hybridized carbons (Fsp3) is 0.579. The molecule has 0 bridgehead atoms. The fourth-order valence-electron chi connectivity index (χ4n) is 3.28. The molecule has 0 saturated carbocycles. The van der Waals surface area contributed by atoms with Crippen molar-refractivity contribution in [3.05, 3.63) is 22.7 Å². The average Bonchev–Trinajstić information content (AvgIpc) is 2.62. The minimum absolute atomic E-state index is 0.106. The third-order valence-corrected chi connectivity index (χ3v) is 5.05. The molecule has 7 heteroatoms. The van der Waals surface area contributed by atoms with Crippen LogP contribution in [0, 0.1) is 0 Å². The molecule has 1 amide bonds. The molecule has 1 fully saturated rings. The number of esters is 1. The van der Waals surface area contributed by atoms with E-state index in [1.807, 2.05) is 0 Å². The van der Waals surface area contributed by atoms with Crippen molar-refractivity contribution in [2.24, 2.45) is 0 Å². The van der Waals surface area contributed by atoms with E-state index < -0.39 is 12.1 Å². The SMILES string of the molecule is CCCCN1CCC(OC(=O)c2cc(Cl)cc3c2OC(C)C(=O)N3)CC1. The Labute approximate surface area is 158 Å². The molecule has 1 saturated heterocycles. The number of fused-ring (bicyclic) bond motifs is 1. The topological polar surface area (TPSA) is 67.9 Å². The number of hydrogen-bond donors (Lipinski definition) is 1. The lowest BCUT2D eigenvalue weighted by Crippen LogP contribution is -2.38. The Morgan fingerprint density at radius 1 is 1.38 bits per heavy atom. The first-order valence-electron chi connectivity index (χ1n) is 9.22. The highest BCUT2D eigenvalue weighted by Gasteiger charge is 2.30. The van der Waals surface area contributed by atoms with Crippen LogP contribution >= 0.6 is 11.6 Å². The molecule has 0 aromatic heterocycles. The third kappa shape index (κ3) is 4.30. The number of nitrogens with one attached hydrogen (secondary N) is 1. The molecule has 1 atom stereocenters. The van der Waals surface area contributed by atoms with Gasteiger partial charge in [0.1, 0.15) is 11.7 Å². The molecule has 0 radical (unpaired) electrons. The summed E-state index contributed by atoms with van der Waals surface area (Å²) in [6.07, 6.45) is 3.25. The Morgan fingerprint density at radius 3 is 2.81 bits per heavy atom. The standard InChI is InChI=1S/C19H25ClN2O4/c1-3-4-7-22-8-5-14(6-9-22)26-19(24)15-10-13(20)11-16-17(15)25-12(2)18(23)21-16/h10-12,14H,3-9H2,1-2H3,(H,21,23). The Hall–Kier alpha value is -1.79. The number of hydrogen-bond acceptors (Lipinski definition) is 5. The van der Waals surface area contributed by atoms with Crippen LogP contribution in [0.15, 0.2) is 12.1 Å². The van der Waals surface area contributed by atoms with E-state index in [1.54, 1.807) is 13.0 Å². The van der Waals surface area contributed by atoms with Gasteiger partial charge >= 0.3 is 5.97 Å². The van der Waals surface area contributed by atoms with Gasteiger partial charge in [-0.15, -0.1) is 0 Å². The first-order valence-corrected chi connectivity index (χ1v) is 9.60. The van der Waals surface area contributed by atoms with Gasteiger partial charge in [0.2, 0.25) is 0 Å². The molecule has 1 aromatic carbocycles. The molecule has 3 rings (SSSR count). The summed E-state index contributed by atoms with van der Waals surface area (Å²) in [6, 6.07) is 3.10. The number of anilines is 1. The zero-order valence-electron chi connectivity index (χ0n) is 15.2. The second-order valence-electron chi connectivity index (χ2n) is 6.88. The van der Waals surface area contributed by atoms with Crippen molar-refractivity contribution in [2.75, 3.05) is 25.0 Å². The van der Waals surface area contributed by atoms with Gasteiger partial charge in [-0.3, -0.25) is 4.79 Å². The van der Waals surface area contributed by atoms with Crippen molar-refractivity contribution in [3.8, 4) is 5.75 Å². The summed E-state index contributed by atoms with van der Waals surface area (Å²) in [5, 5.41) is 3.06. The summed E-state index contributed by atoms with van der Waals surface area (Å²) in [4.78, 5) is 26.9. The Morgan fingerprint density at radius 2 is 2.12 bits per heavy atom. The molecular weight excluding hydrogens is 356 g/mol. The van der Waals surface area contributed by atoms with E-state index >= 15 is 0 Å². The fourth-order valence-corrected chi connectivity index (χ4v) is 3.50. The van der Waals surface area contributed by atoms with Crippen LogP contribution in [0.2, 0.25) is 5.02 Å². The summed E-state index contributed by atoms with van der Waals surface area (Å²) in [5.74, 6) is -0.399. The number of carbonyl (C=O) groups is 2. The first kappa shape index (κ1) is 19.0. The van der Waals surface area contributed by atoms with Gasteiger partial charge in [0.15, 0.2) is 11.9 Å². The van der Waals surface area contributed by atoms with E-state index in [9.17, 15) is 9.59 Å². The van der Waals surface area contributed by atoms with Gasteiger partial charge in [-0.25, -0.2) is 4.79 Å². The van der Waals surface area contributed by atoms with Crippen molar-refractivity contribution in [2.45, 2.75) is 51.7 Å². The number of carbonyl (C=O) groups excluding carboxylic acids is 2. The lowest BCUT2D eigenvalue weighted by atomic mass is 10.1. The number of rotatable bonds is 5. The van der Waals surface area contributed by atoms with E-state index in [4.69, 9.17) is 21.1 Å². The van der Waals surface area contributed by atoms with Gasteiger partial charge < -0.3 is 19.7 Å². The number of nitrogens with zero attached hydrogens (tertiary/aromatic N) is 1. The highest BCUT2D eigenvalue weighted by atomic mass is 35.5. The maximum Gasteiger partial charge on any atom is 0.342 e. The van der Waals surface area contributed by atoms with Crippen molar-refractivity contribution < 1.29 is 19.1 Å². The summed E-state index contributed by atoms with van der Waals surface area (Å²) in [7, 11) is 0. The predicted octanol–water partition coefficient (Wildman–Crippen LogP) is 3.48. The van der Waals surface area contributed by atoms with Gasteiger partial charge in [0, 0.05) is 18.1 Å². The number of ether oxygens (including phenoxy) is 2. The van der Waals surface area contributed by atoms with Crippen LogP contribution in [0.3, 0.4) is 0 Å². The second kappa shape index (κ2) is 8.27. The van der Waals surface area contributed by atoms with Crippen LogP contribution in [0.4, 0.5) is 5.69 Å². The van der Waals surface area contributed by atoms with Crippen LogP contribution in [0.1, 0.15) is 49.9 Å². The number of unbranched alkanes of at least 4 members (excludes halogenated alkanes) is 1. The molecule has 2 heterocycles. The predicted molar refractivity (Wildman–Crippen MR) is 100.0 cm³/mol. The van der Waals surface area contributed by atoms with E-state index in [-0.39, 0.29) is 17.6 Å². The largest absolute Gasteiger partial charge is 0.478 e. The molecule has 1 unspecified atom stereocenters. The van der Waals surface area contributed by atoms with Crippen LogP contribution in [-0.4, -0.2) is 48.6 Å². The molecule has 1 N–H and O–H groups in total.